The van der Waals surface area contributed by atoms with Gasteiger partial charge < -0.3 is 5.32 Å². The highest BCUT2D eigenvalue weighted by Gasteiger charge is 2.11. The number of hydrogen-bond acceptors (Lipinski definition) is 4. The number of nitriles is 1. The van der Waals surface area contributed by atoms with Crippen molar-refractivity contribution in [3.63, 3.8) is 0 Å². The first-order valence-electron chi connectivity index (χ1n) is 5.91. The fraction of sp³-hybridized carbons (Fsp3) is 0.286. The molecule has 0 saturated carbocycles. The van der Waals surface area contributed by atoms with E-state index in [1.54, 1.807) is 23.5 Å². The molecule has 0 aliphatic heterocycles. The highest BCUT2D eigenvalue weighted by molar-refractivity contribution is 7.10. The first kappa shape index (κ1) is 12.6. The van der Waals surface area contributed by atoms with Gasteiger partial charge in [-0.1, -0.05) is 13.0 Å². The first-order chi connectivity index (χ1) is 8.72. The summed E-state index contributed by atoms with van der Waals surface area (Å²) in [6.45, 7) is 4.04. The van der Waals surface area contributed by atoms with E-state index in [0.29, 0.717) is 5.56 Å². The van der Waals surface area contributed by atoms with Gasteiger partial charge in [0.05, 0.1) is 17.7 Å². The number of hydrogen-bond donors (Lipinski definition) is 1. The predicted molar refractivity (Wildman–Crippen MR) is 74.7 cm³/mol. The van der Waals surface area contributed by atoms with Gasteiger partial charge in [0.1, 0.15) is 5.82 Å². The average Bonchev–Trinajstić information content (AvgIpc) is 2.89. The number of rotatable bonds is 4. The van der Waals surface area contributed by atoms with Crippen LogP contribution in [0.1, 0.15) is 35.5 Å². The van der Waals surface area contributed by atoms with Crippen LogP contribution in [0, 0.1) is 18.3 Å². The van der Waals surface area contributed by atoms with Crippen LogP contribution in [0.5, 0.6) is 0 Å². The average molecular weight is 257 g/mol. The molecule has 0 spiro atoms. The number of aromatic nitrogens is 1. The lowest BCUT2D eigenvalue weighted by Gasteiger charge is -2.16. The molecule has 0 bridgehead atoms. The maximum absolute atomic E-state index is 8.96. The zero-order valence-corrected chi connectivity index (χ0v) is 11.3. The number of nitrogens with one attached hydrogen (secondary N) is 1. The molecule has 2 aromatic heterocycles. The van der Waals surface area contributed by atoms with Crippen LogP contribution in [0.3, 0.4) is 0 Å². The van der Waals surface area contributed by atoms with Crippen LogP contribution in [-0.4, -0.2) is 4.98 Å². The largest absolute Gasteiger partial charge is 0.362 e. The Hall–Kier alpha value is -1.86. The van der Waals surface area contributed by atoms with Crippen molar-refractivity contribution in [1.82, 2.24) is 4.98 Å². The van der Waals surface area contributed by atoms with Gasteiger partial charge in [-0.15, -0.1) is 11.3 Å². The fourth-order valence-corrected chi connectivity index (χ4v) is 2.71. The summed E-state index contributed by atoms with van der Waals surface area (Å²) in [6, 6.07) is 10.2. The molecule has 2 rings (SSSR count). The lowest BCUT2D eigenvalue weighted by molar-refractivity contribution is 0.758. The summed E-state index contributed by atoms with van der Waals surface area (Å²) in [4.78, 5) is 5.71. The smallest absolute Gasteiger partial charge is 0.128 e. The van der Waals surface area contributed by atoms with Gasteiger partial charge in [-0.2, -0.15) is 5.26 Å². The molecule has 1 unspecified atom stereocenters. The van der Waals surface area contributed by atoms with Crippen LogP contribution in [0.2, 0.25) is 0 Å². The quantitative estimate of drug-likeness (QED) is 0.904. The van der Waals surface area contributed by atoms with Crippen LogP contribution in [0.15, 0.2) is 29.6 Å². The van der Waals surface area contributed by atoms with E-state index >= 15 is 0 Å². The summed E-state index contributed by atoms with van der Waals surface area (Å²) < 4.78 is 0. The predicted octanol–water partition coefficient (Wildman–Crippen LogP) is 3.89. The summed E-state index contributed by atoms with van der Waals surface area (Å²) in [5.74, 6) is 0.770. The molecule has 0 fully saturated rings. The molecule has 0 aliphatic carbocycles. The van der Waals surface area contributed by atoms with E-state index in [2.05, 4.69) is 40.8 Å². The van der Waals surface area contributed by atoms with Gasteiger partial charge in [-0.05, 0) is 36.9 Å². The highest BCUT2D eigenvalue weighted by atomic mass is 32.1. The monoisotopic (exact) mass is 257 g/mol. The van der Waals surface area contributed by atoms with Crippen molar-refractivity contribution in [3.05, 3.63) is 45.8 Å². The maximum Gasteiger partial charge on any atom is 0.128 e. The Labute approximate surface area is 111 Å². The van der Waals surface area contributed by atoms with Crippen LogP contribution in [0.25, 0.3) is 0 Å². The standard InChI is InChI=1S/C14H15N3S/c1-3-12(13-5-4-6-18-13)17-14-8-11(9-15)7-10(2)16-14/h4-8,12H,3H2,1-2H3,(H,16,17). The molecule has 0 amide bonds. The van der Waals surface area contributed by atoms with Gasteiger partial charge in [0.15, 0.2) is 0 Å². The van der Waals surface area contributed by atoms with Gasteiger partial charge in [-0.25, -0.2) is 4.98 Å². The molecule has 3 nitrogen and oxygen atoms in total. The molecule has 1 N–H and O–H groups in total. The summed E-state index contributed by atoms with van der Waals surface area (Å²) >= 11 is 1.73. The Kier molecular flexibility index (Phi) is 3.96. The highest BCUT2D eigenvalue weighted by Crippen LogP contribution is 2.25. The van der Waals surface area contributed by atoms with Crippen molar-refractivity contribution in [3.8, 4) is 6.07 Å². The van der Waals surface area contributed by atoms with Crippen molar-refractivity contribution < 1.29 is 0 Å². The molecular weight excluding hydrogens is 242 g/mol. The van der Waals surface area contributed by atoms with E-state index in [4.69, 9.17) is 5.26 Å². The SMILES string of the molecule is CCC(Nc1cc(C#N)cc(C)n1)c1cccs1. The van der Waals surface area contributed by atoms with Crippen molar-refractivity contribution in [2.45, 2.75) is 26.3 Å². The Bertz CT molecular complexity index is 555. The second-order valence-electron chi connectivity index (χ2n) is 4.11. The topological polar surface area (TPSA) is 48.7 Å². The lowest BCUT2D eigenvalue weighted by atomic mass is 10.2. The van der Waals surface area contributed by atoms with Crippen LogP contribution >= 0.6 is 11.3 Å². The summed E-state index contributed by atoms with van der Waals surface area (Å²) in [5, 5.41) is 14.4. The van der Waals surface area contributed by atoms with Crippen molar-refractivity contribution in [2.24, 2.45) is 0 Å². The third-order valence-corrected chi connectivity index (χ3v) is 3.69. The third kappa shape index (κ3) is 2.88. The molecule has 92 valence electrons. The van der Waals surface area contributed by atoms with E-state index in [1.807, 2.05) is 6.92 Å². The Morgan fingerprint density at radius 2 is 2.33 bits per heavy atom. The summed E-state index contributed by atoms with van der Waals surface area (Å²) in [5.41, 5.74) is 1.50. The third-order valence-electron chi connectivity index (χ3n) is 2.70. The number of aryl methyl sites for hydroxylation is 1. The molecule has 4 heteroatoms. The number of pyridine rings is 1. The zero-order valence-electron chi connectivity index (χ0n) is 10.5. The van der Waals surface area contributed by atoms with Gasteiger partial charge in [0.2, 0.25) is 0 Å². The molecule has 2 aromatic rings. The second-order valence-corrected chi connectivity index (χ2v) is 5.09. The Balaban J connectivity index is 2.22. The Morgan fingerprint density at radius 3 is 2.94 bits per heavy atom. The van der Waals surface area contributed by atoms with E-state index < -0.39 is 0 Å². The number of anilines is 1. The number of thiophene rings is 1. The fourth-order valence-electron chi connectivity index (χ4n) is 1.85. The van der Waals surface area contributed by atoms with Crippen molar-refractivity contribution in [1.29, 1.82) is 5.26 Å². The summed E-state index contributed by atoms with van der Waals surface area (Å²) in [6.07, 6.45) is 0.984. The molecule has 0 radical (unpaired) electrons. The van der Waals surface area contributed by atoms with E-state index in [1.165, 1.54) is 4.88 Å². The number of nitrogens with zero attached hydrogens (tertiary/aromatic N) is 2. The van der Waals surface area contributed by atoms with Gasteiger partial charge in [-0.3, -0.25) is 0 Å². The second kappa shape index (κ2) is 5.65. The molecule has 0 saturated heterocycles. The van der Waals surface area contributed by atoms with Gasteiger partial charge in [0.25, 0.3) is 0 Å². The first-order valence-corrected chi connectivity index (χ1v) is 6.79. The normalized spacial score (nSPS) is 11.8. The molecule has 0 aromatic carbocycles. The minimum absolute atomic E-state index is 0.255. The summed E-state index contributed by atoms with van der Waals surface area (Å²) in [7, 11) is 0. The molecule has 18 heavy (non-hydrogen) atoms. The maximum atomic E-state index is 8.96. The van der Waals surface area contributed by atoms with Crippen LogP contribution in [0.4, 0.5) is 5.82 Å². The van der Waals surface area contributed by atoms with Crippen molar-refractivity contribution >= 4 is 17.2 Å². The van der Waals surface area contributed by atoms with Crippen LogP contribution < -0.4 is 5.32 Å². The van der Waals surface area contributed by atoms with Gasteiger partial charge >= 0.3 is 0 Å². The molecule has 1 atom stereocenters. The lowest BCUT2D eigenvalue weighted by Crippen LogP contribution is -2.09. The molecule has 0 aliphatic rings. The molecular formula is C14H15N3S. The Morgan fingerprint density at radius 1 is 1.50 bits per heavy atom. The van der Waals surface area contributed by atoms with Gasteiger partial charge in [0, 0.05) is 10.6 Å². The van der Waals surface area contributed by atoms with E-state index in [0.717, 1.165) is 17.9 Å². The van der Waals surface area contributed by atoms with E-state index in [9.17, 15) is 0 Å². The van der Waals surface area contributed by atoms with Crippen LogP contribution in [-0.2, 0) is 0 Å². The zero-order chi connectivity index (χ0) is 13.0. The molecule has 2 heterocycles. The minimum Gasteiger partial charge on any atom is -0.362 e. The minimum atomic E-state index is 0.255. The van der Waals surface area contributed by atoms with Crippen molar-refractivity contribution in [2.75, 3.05) is 5.32 Å². The van der Waals surface area contributed by atoms with E-state index in [-0.39, 0.29) is 6.04 Å².